The number of hydrogen-bond donors (Lipinski definition) is 2. The monoisotopic (exact) mass is 436 g/mol. The van der Waals surface area contributed by atoms with E-state index in [0.717, 1.165) is 22.3 Å². The molecule has 32 heavy (non-hydrogen) atoms. The highest BCUT2D eigenvalue weighted by atomic mass is 16.5. The third-order valence-corrected chi connectivity index (χ3v) is 6.31. The molecule has 2 atom stereocenters. The molecule has 1 aliphatic heterocycles. The molecule has 0 aromatic heterocycles. The normalized spacial score (nSPS) is 18.4. The quantitative estimate of drug-likeness (QED) is 0.721. The van der Waals surface area contributed by atoms with Crippen molar-refractivity contribution in [3.63, 3.8) is 0 Å². The zero-order valence-corrected chi connectivity index (χ0v) is 18.1. The summed E-state index contributed by atoms with van der Waals surface area (Å²) in [7, 11) is 0. The Kier molecular flexibility index (Phi) is 6.44. The van der Waals surface area contributed by atoms with Crippen LogP contribution >= 0.6 is 0 Å². The number of alkyl carbamates (subject to hydrolysis) is 1. The van der Waals surface area contributed by atoms with Crippen molar-refractivity contribution in [2.24, 2.45) is 5.92 Å². The van der Waals surface area contributed by atoms with Gasteiger partial charge in [-0.15, -0.1) is 0 Å². The van der Waals surface area contributed by atoms with Crippen molar-refractivity contribution in [3.05, 3.63) is 59.7 Å². The van der Waals surface area contributed by atoms with Crippen LogP contribution in [0.5, 0.6) is 0 Å². The lowest BCUT2D eigenvalue weighted by atomic mass is 9.98. The maximum Gasteiger partial charge on any atom is 0.407 e. The van der Waals surface area contributed by atoms with Crippen molar-refractivity contribution in [2.45, 2.75) is 38.1 Å². The van der Waals surface area contributed by atoms with E-state index in [9.17, 15) is 19.5 Å². The molecule has 0 saturated carbocycles. The summed E-state index contributed by atoms with van der Waals surface area (Å²) < 4.78 is 5.53. The van der Waals surface area contributed by atoms with Crippen molar-refractivity contribution in [1.82, 2.24) is 10.2 Å². The number of nitrogens with zero attached hydrogens (tertiary/aromatic N) is 1. The summed E-state index contributed by atoms with van der Waals surface area (Å²) in [6, 6.07) is 15.9. The summed E-state index contributed by atoms with van der Waals surface area (Å²) in [5.41, 5.74) is 4.61. The number of fused-ring (bicyclic) bond motifs is 3. The molecule has 1 saturated heterocycles. The highest BCUT2D eigenvalue weighted by Gasteiger charge is 2.30. The van der Waals surface area contributed by atoms with E-state index in [1.165, 1.54) is 0 Å². The number of nitrogens with one attached hydrogen (secondary N) is 1. The van der Waals surface area contributed by atoms with Gasteiger partial charge in [-0.2, -0.15) is 0 Å². The van der Waals surface area contributed by atoms with E-state index in [2.05, 4.69) is 29.6 Å². The number of hydrogen-bond acceptors (Lipinski definition) is 4. The van der Waals surface area contributed by atoms with E-state index in [-0.39, 0.29) is 31.4 Å². The van der Waals surface area contributed by atoms with Crippen LogP contribution in [0.3, 0.4) is 0 Å². The second-order valence-electron chi connectivity index (χ2n) is 8.59. The van der Waals surface area contributed by atoms with E-state index in [4.69, 9.17) is 4.74 Å². The molecule has 0 bridgehead atoms. The van der Waals surface area contributed by atoms with Gasteiger partial charge >= 0.3 is 12.1 Å². The molecule has 2 aromatic rings. The number of rotatable bonds is 6. The van der Waals surface area contributed by atoms with Crippen molar-refractivity contribution in [2.75, 3.05) is 19.7 Å². The van der Waals surface area contributed by atoms with Crippen LogP contribution < -0.4 is 5.32 Å². The Bertz CT molecular complexity index is 975. The number of ether oxygens (including phenoxy) is 1. The molecule has 0 spiro atoms. The minimum Gasteiger partial charge on any atom is -0.481 e. The van der Waals surface area contributed by atoms with Crippen molar-refractivity contribution < 1.29 is 24.2 Å². The van der Waals surface area contributed by atoms with Gasteiger partial charge < -0.3 is 20.1 Å². The fraction of sp³-hybridized carbons (Fsp3) is 0.400. The molecule has 2 aliphatic rings. The van der Waals surface area contributed by atoms with Gasteiger partial charge in [-0.05, 0) is 42.0 Å². The summed E-state index contributed by atoms with van der Waals surface area (Å²) in [4.78, 5) is 37.7. The van der Waals surface area contributed by atoms with E-state index in [0.29, 0.717) is 19.4 Å². The van der Waals surface area contributed by atoms with Gasteiger partial charge in [-0.1, -0.05) is 48.5 Å². The van der Waals surface area contributed by atoms with Crippen LogP contribution in [0.2, 0.25) is 0 Å². The van der Waals surface area contributed by atoms with Gasteiger partial charge in [0.05, 0.1) is 5.92 Å². The number of benzene rings is 2. The molecule has 7 nitrogen and oxygen atoms in total. The van der Waals surface area contributed by atoms with Gasteiger partial charge in [-0.3, -0.25) is 9.59 Å². The van der Waals surface area contributed by atoms with Crippen LogP contribution in [-0.2, 0) is 14.3 Å². The molecule has 168 valence electrons. The van der Waals surface area contributed by atoms with Gasteiger partial charge in [0.25, 0.3) is 0 Å². The second-order valence-corrected chi connectivity index (χ2v) is 8.59. The van der Waals surface area contributed by atoms with Crippen LogP contribution in [0, 0.1) is 5.92 Å². The lowest BCUT2D eigenvalue weighted by molar-refractivity contribution is -0.145. The minimum absolute atomic E-state index is 0.0219. The van der Waals surface area contributed by atoms with Crippen molar-refractivity contribution in [1.29, 1.82) is 0 Å². The predicted molar refractivity (Wildman–Crippen MR) is 119 cm³/mol. The number of carbonyl (C=O) groups is 3. The highest BCUT2D eigenvalue weighted by molar-refractivity contribution is 5.80. The van der Waals surface area contributed by atoms with E-state index in [1.807, 2.05) is 24.3 Å². The highest BCUT2D eigenvalue weighted by Crippen LogP contribution is 2.44. The molecule has 1 heterocycles. The van der Waals surface area contributed by atoms with Crippen LogP contribution in [0.1, 0.15) is 43.2 Å². The SMILES string of the molecule is C[C@H](CC(=O)N1CCCC(C(=O)O)C1)NC(=O)OCC1c2ccccc2-c2ccccc21. The lowest BCUT2D eigenvalue weighted by Gasteiger charge is -2.31. The topological polar surface area (TPSA) is 95.9 Å². The number of aliphatic carboxylic acids is 1. The Morgan fingerprint density at radius 3 is 2.34 bits per heavy atom. The Balaban J connectivity index is 1.30. The fourth-order valence-electron chi connectivity index (χ4n) is 4.69. The third-order valence-electron chi connectivity index (χ3n) is 6.31. The van der Waals surface area contributed by atoms with Crippen LogP contribution in [-0.4, -0.2) is 53.7 Å². The Morgan fingerprint density at radius 1 is 1.09 bits per heavy atom. The van der Waals surface area contributed by atoms with E-state index < -0.39 is 24.0 Å². The minimum atomic E-state index is -0.868. The first-order valence-corrected chi connectivity index (χ1v) is 11.1. The molecular weight excluding hydrogens is 408 g/mol. The molecule has 1 aliphatic carbocycles. The van der Waals surface area contributed by atoms with E-state index >= 15 is 0 Å². The second kappa shape index (κ2) is 9.42. The van der Waals surface area contributed by atoms with E-state index in [1.54, 1.807) is 11.8 Å². The summed E-state index contributed by atoms with van der Waals surface area (Å²) in [5.74, 6) is -1.56. The molecule has 2 aromatic carbocycles. The first-order valence-electron chi connectivity index (χ1n) is 11.1. The molecule has 2 N–H and O–H groups in total. The molecule has 0 radical (unpaired) electrons. The standard InChI is InChI=1S/C25H28N2O5/c1-16(13-23(28)27-12-6-7-17(14-27)24(29)30)26-25(31)32-15-22-20-10-4-2-8-18(20)19-9-3-5-11-21(19)22/h2-5,8-11,16-17,22H,6-7,12-15H2,1H3,(H,26,31)(H,29,30)/t16-,17?/m1/s1. The predicted octanol–water partition coefficient (Wildman–Crippen LogP) is 3.63. The maximum absolute atomic E-state index is 12.5. The molecule has 7 heteroatoms. The molecule has 1 fully saturated rings. The first kappa shape index (κ1) is 21.9. The third kappa shape index (κ3) is 4.61. The van der Waals surface area contributed by atoms with Gasteiger partial charge in [0, 0.05) is 31.5 Å². The lowest BCUT2D eigenvalue weighted by Crippen LogP contribution is -2.45. The van der Waals surface area contributed by atoms with Crippen LogP contribution in [0.25, 0.3) is 11.1 Å². The fourth-order valence-corrected chi connectivity index (χ4v) is 4.69. The maximum atomic E-state index is 12.5. The van der Waals surface area contributed by atoms with Crippen LogP contribution in [0.15, 0.2) is 48.5 Å². The number of carbonyl (C=O) groups excluding carboxylic acids is 2. The van der Waals surface area contributed by atoms with Gasteiger partial charge in [-0.25, -0.2) is 4.79 Å². The number of piperidine rings is 1. The Morgan fingerprint density at radius 2 is 1.72 bits per heavy atom. The zero-order valence-electron chi connectivity index (χ0n) is 18.1. The summed E-state index contributed by atoms with van der Waals surface area (Å²) in [5, 5.41) is 11.9. The Hall–Kier alpha value is -3.35. The molecular formula is C25H28N2O5. The largest absolute Gasteiger partial charge is 0.481 e. The number of carboxylic acid groups (broad SMARTS) is 1. The summed E-state index contributed by atoms with van der Waals surface area (Å²) in [6.45, 7) is 2.75. The molecule has 4 rings (SSSR count). The van der Waals surface area contributed by atoms with Crippen molar-refractivity contribution >= 4 is 18.0 Å². The average molecular weight is 437 g/mol. The van der Waals surface area contributed by atoms with Crippen LogP contribution in [0.4, 0.5) is 4.79 Å². The average Bonchev–Trinajstić information content (AvgIpc) is 3.11. The van der Waals surface area contributed by atoms with Gasteiger partial charge in [0.1, 0.15) is 6.61 Å². The number of likely N-dealkylation sites (tertiary alicyclic amines) is 1. The zero-order chi connectivity index (χ0) is 22.7. The van der Waals surface area contributed by atoms with Crippen molar-refractivity contribution in [3.8, 4) is 11.1 Å². The summed E-state index contributed by atoms with van der Waals surface area (Å²) >= 11 is 0. The number of amides is 2. The molecule has 1 unspecified atom stereocenters. The number of carboxylic acids is 1. The Labute approximate surface area is 187 Å². The first-order chi connectivity index (χ1) is 15.4. The van der Waals surface area contributed by atoms with Gasteiger partial charge in [0.2, 0.25) is 5.91 Å². The molecule has 2 amide bonds. The van der Waals surface area contributed by atoms with Gasteiger partial charge in [0.15, 0.2) is 0 Å². The summed E-state index contributed by atoms with van der Waals surface area (Å²) in [6.07, 6.45) is 0.814. The smallest absolute Gasteiger partial charge is 0.407 e.